The Labute approximate surface area is 583 Å². The molecule has 12 aromatic carbocycles. The molecule has 0 radical (unpaired) electrons. The van der Waals surface area contributed by atoms with Gasteiger partial charge in [0.2, 0.25) is 0 Å². The molecule has 17 rings (SSSR count). The second kappa shape index (κ2) is 23.4. The Morgan fingerprint density at radius 3 is 1.59 bits per heavy atom. The summed E-state index contributed by atoms with van der Waals surface area (Å²) in [5, 5.41) is 4.65. The Balaban J connectivity index is 0.00000738. The van der Waals surface area contributed by atoms with Crippen molar-refractivity contribution in [1.29, 1.82) is 0 Å². The molecule has 0 aliphatic carbocycles. The van der Waals surface area contributed by atoms with E-state index in [-0.39, 0.29) is 37.3 Å². The second-order valence-corrected chi connectivity index (χ2v) is 28.9. The Morgan fingerprint density at radius 1 is 0.371 bits per heavy atom. The fraction of sp³-hybridized carbons (Fsp3) is 0.133. The maximum atomic E-state index is 7.08. The van der Waals surface area contributed by atoms with Crippen LogP contribution in [0.5, 0.6) is 11.5 Å². The summed E-state index contributed by atoms with van der Waals surface area (Å²) in [6.45, 7) is 22.9. The molecule has 0 bridgehead atoms. The minimum atomic E-state index is -0.126. The van der Waals surface area contributed by atoms with Gasteiger partial charge >= 0.3 is 0 Å². The SMILES string of the molecule is CC(C)(C)c1cc(-c2ccccc2)cc(-c2cccc(-c3cc(-c4ccccc4)cc(C(C)(C)C)c3)c2N2[CH-]N(c3[c-]c(Oc4[c-]c5c(cc4)c4c6c(ccc4n5-c4cc(C(C)(C)C)ccn4)-n4c5ccccc5c5cccc(c54)-c4ccccc4-6)ccc3)c3ccccc32)c1.[Pt]. The maximum Gasteiger partial charge on any atom is 0.135 e. The Bertz CT molecular complexity index is 5500. The summed E-state index contributed by atoms with van der Waals surface area (Å²) in [4.78, 5) is 9.83. The largest absolute Gasteiger partial charge is 0.509 e. The smallest absolute Gasteiger partial charge is 0.135 e. The molecule has 0 saturated heterocycles. The van der Waals surface area contributed by atoms with Gasteiger partial charge in [-0.2, -0.15) is 12.1 Å². The zero-order valence-electron chi connectivity index (χ0n) is 55.9. The molecule has 97 heavy (non-hydrogen) atoms. The predicted molar refractivity (Wildman–Crippen MR) is 401 cm³/mol. The van der Waals surface area contributed by atoms with Crippen molar-refractivity contribution >= 4 is 66.4 Å². The van der Waals surface area contributed by atoms with Gasteiger partial charge in [0.1, 0.15) is 5.82 Å². The first-order valence-corrected chi connectivity index (χ1v) is 33.4. The van der Waals surface area contributed by atoms with E-state index in [4.69, 9.17) is 9.72 Å². The minimum absolute atomic E-state index is 0. The minimum Gasteiger partial charge on any atom is -0.509 e. The first kappa shape index (κ1) is 61.4. The van der Waals surface area contributed by atoms with Crippen molar-refractivity contribution in [3.8, 4) is 89.8 Å². The third-order valence-electron chi connectivity index (χ3n) is 19.6. The number of hydrogen-bond donors (Lipinski definition) is 0. The molecule has 0 spiro atoms. The molecule has 7 heteroatoms. The van der Waals surface area contributed by atoms with E-state index < -0.39 is 0 Å². The standard InChI is InChI=1S/C90H72N5O.Pt/c1-88(2,3)63-45-46-91-83(53-63)94-80-43-44-81-84(73-33-17-16-31-71(73)74-36-24-37-75-72-32-18-19-38-77(72)95(81)87(74)75)85(80)76-42-41-68(55-82(76)94)96-67-30-22-29-66(54-67)92-56-93(79-40-21-20-39-78(79)92)86-69(61-47-59(57-25-12-10-13-26-57)49-64(51-61)89(4,5)6)34-23-35-70(86)62-48-60(58-27-14-11-15-28-58)50-65(52-62)90(7,8)9;/h10-53,56H,1-9H3;/q-3;. The summed E-state index contributed by atoms with van der Waals surface area (Å²) >= 11 is 0. The van der Waals surface area contributed by atoms with Crippen molar-refractivity contribution in [2.75, 3.05) is 9.80 Å². The monoisotopic (exact) mass is 1430 g/mol. The van der Waals surface area contributed by atoms with Gasteiger partial charge in [0.05, 0.1) is 16.7 Å². The summed E-state index contributed by atoms with van der Waals surface area (Å²) in [5.41, 5.74) is 26.8. The van der Waals surface area contributed by atoms with E-state index >= 15 is 0 Å². The number of pyridine rings is 1. The van der Waals surface area contributed by atoms with Crippen molar-refractivity contribution < 1.29 is 25.8 Å². The van der Waals surface area contributed by atoms with Crippen LogP contribution in [0, 0.1) is 18.8 Å². The maximum absolute atomic E-state index is 7.08. The first-order valence-electron chi connectivity index (χ1n) is 33.4. The number of rotatable bonds is 9. The molecule has 0 unspecified atom stereocenters. The van der Waals surface area contributed by atoms with Crippen molar-refractivity contribution in [2.24, 2.45) is 0 Å². The van der Waals surface area contributed by atoms with Crippen molar-refractivity contribution in [2.45, 2.75) is 78.6 Å². The molecule has 5 heterocycles. The number of benzene rings is 12. The second-order valence-electron chi connectivity index (χ2n) is 28.9. The van der Waals surface area contributed by atoms with Gasteiger partial charge in [-0.1, -0.05) is 244 Å². The van der Waals surface area contributed by atoms with Gasteiger partial charge in [0, 0.05) is 94.4 Å². The quantitative estimate of drug-likeness (QED) is 0.135. The third kappa shape index (κ3) is 10.5. The topological polar surface area (TPSA) is 38.5 Å². The van der Waals surface area contributed by atoms with Crippen LogP contribution in [-0.2, 0) is 37.3 Å². The molecule has 3 aromatic heterocycles. The molecule has 2 aliphatic heterocycles. The zero-order chi connectivity index (χ0) is 65.4. The van der Waals surface area contributed by atoms with Crippen LogP contribution >= 0.6 is 0 Å². The summed E-state index contributed by atoms with van der Waals surface area (Å²) < 4.78 is 11.9. The number of nitrogens with zero attached hydrogens (tertiary/aromatic N) is 5. The zero-order valence-corrected chi connectivity index (χ0v) is 58.2. The molecule has 0 fully saturated rings. The fourth-order valence-electron chi connectivity index (χ4n) is 14.7. The van der Waals surface area contributed by atoms with Gasteiger partial charge in [-0.15, -0.1) is 48.1 Å². The van der Waals surface area contributed by atoms with Gasteiger partial charge in [0.15, 0.2) is 0 Å². The number of fused-ring (bicyclic) bond motifs is 13. The van der Waals surface area contributed by atoms with Crippen LogP contribution in [-0.4, -0.2) is 14.1 Å². The molecular weight excluding hydrogens is 1360 g/mol. The molecular formula is C90H72N5OPt-3. The first-order chi connectivity index (χ1) is 46.5. The number of para-hydroxylation sites is 5. The Hall–Kier alpha value is -10.5. The van der Waals surface area contributed by atoms with E-state index in [1.807, 2.05) is 12.3 Å². The van der Waals surface area contributed by atoms with Crippen molar-refractivity contribution in [3.63, 3.8) is 0 Å². The molecule has 0 N–H and O–H groups in total. The van der Waals surface area contributed by atoms with E-state index in [0.717, 1.165) is 83.9 Å². The van der Waals surface area contributed by atoms with Crippen molar-refractivity contribution in [3.05, 3.63) is 303 Å². The molecule has 0 amide bonds. The van der Waals surface area contributed by atoms with Crippen LogP contribution in [0.1, 0.15) is 79.0 Å². The van der Waals surface area contributed by atoms with E-state index in [9.17, 15) is 0 Å². The number of aromatic nitrogens is 3. The van der Waals surface area contributed by atoms with Crippen LogP contribution in [0.3, 0.4) is 0 Å². The molecule has 0 saturated carbocycles. The number of hydrogen-bond acceptors (Lipinski definition) is 4. The van der Waals surface area contributed by atoms with Crippen LogP contribution in [0.15, 0.2) is 267 Å². The van der Waals surface area contributed by atoms with Crippen molar-refractivity contribution in [1.82, 2.24) is 14.1 Å². The van der Waals surface area contributed by atoms with E-state index in [2.05, 4.69) is 355 Å². The van der Waals surface area contributed by atoms with Gasteiger partial charge in [-0.25, -0.2) is 4.98 Å². The molecule has 2 aliphatic rings. The summed E-state index contributed by atoms with van der Waals surface area (Å²) in [5.74, 6) is 1.94. The summed E-state index contributed by atoms with van der Waals surface area (Å²) in [6.07, 6.45) is 1.94. The molecule has 6 nitrogen and oxygen atoms in total. The third-order valence-corrected chi connectivity index (χ3v) is 19.6. The fourth-order valence-corrected chi connectivity index (χ4v) is 14.7. The average Bonchev–Trinajstić information content (AvgIpc) is 1.54. The molecule has 15 aromatic rings. The normalized spacial score (nSPS) is 12.8. The van der Waals surface area contributed by atoms with Gasteiger partial charge in [-0.3, -0.25) is 0 Å². The van der Waals surface area contributed by atoms with E-state index in [0.29, 0.717) is 11.5 Å². The Morgan fingerprint density at radius 2 is 0.918 bits per heavy atom. The van der Waals surface area contributed by atoms with Crippen LogP contribution in [0.4, 0.5) is 22.7 Å². The van der Waals surface area contributed by atoms with Gasteiger partial charge in [-0.05, 0) is 137 Å². The van der Waals surface area contributed by atoms with E-state index in [1.54, 1.807) is 0 Å². The van der Waals surface area contributed by atoms with Gasteiger partial charge < -0.3 is 23.7 Å². The van der Waals surface area contributed by atoms with Crippen LogP contribution < -0.4 is 14.5 Å². The number of anilines is 4. The molecule has 476 valence electrons. The van der Waals surface area contributed by atoms with Gasteiger partial charge in [0.25, 0.3) is 0 Å². The Kier molecular flexibility index (Phi) is 14.8. The predicted octanol–water partition coefficient (Wildman–Crippen LogP) is 24.3. The summed E-state index contributed by atoms with van der Waals surface area (Å²) in [6, 6.07) is 103. The number of ether oxygens (including phenoxy) is 1. The van der Waals surface area contributed by atoms with Crippen LogP contribution in [0.25, 0.3) is 122 Å². The molecule has 0 atom stereocenters. The summed E-state index contributed by atoms with van der Waals surface area (Å²) in [7, 11) is 0. The average molecular weight is 1430 g/mol. The van der Waals surface area contributed by atoms with E-state index in [1.165, 1.54) is 77.4 Å². The van der Waals surface area contributed by atoms with Crippen LogP contribution in [0.2, 0.25) is 0 Å².